The number of thioether (sulfide) groups is 1. The van der Waals surface area contributed by atoms with Crippen molar-refractivity contribution in [3.05, 3.63) is 65.2 Å². The number of carbonyl (C=O) groups excluding carboxylic acids is 1. The molecule has 0 fully saturated rings. The second-order valence-electron chi connectivity index (χ2n) is 6.93. The van der Waals surface area contributed by atoms with E-state index in [1.54, 1.807) is 6.07 Å². The highest BCUT2D eigenvalue weighted by Crippen LogP contribution is 2.34. The van der Waals surface area contributed by atoms with Gasteiger partial charge in [-0.3, -0.25) is 9.78 Å². The Morgan fingerprint density at radius 3 is 2.45 bits per heavy atom. The van der Waals surface area contributed by atoms with E-state index in [4.69, 9.17) is 9.47 Å². The third-order valence-electron chi connectivity index (χ3n) is 4.28. The lowest BCUT2D eigenvalue weighted by molar-refractivity contribution is -0.137. The fourth-order valence-electron chi connectivity index (χ4n) is 2.88. The van der Waals surface area contributed by atoms with Gasteiger partial charge in [0.2, 0.25) is 0 Å². The van der Waals surface area contributed by atoms with E-state index in [2.05, 4.69) is 20.3 Å². The van der Waals surface area contributed by atoms with Gasteiger partial charge in [-0.15, -0.1) is 0 Å². The summed E-state index contributed by atoms with van der Waals surface area (Å²) in [6.45, 7) is 3.25. The molecular weight excluding hydrogens is 457 g/mol. The zero-order valence-electron chi connectivity index (χ0n) is 18.1. The summed E-state index contributed by atoms with van der Waals surface area (Å²) in [7, 11) is 1.42. The molecule has 0 aliphatic carbocycles. The molecule has 0 bridgehead atoms. The second-order valence-corrected chi connectivity index (χ2v) is 7.87. The Balaban J connectivity index is 1.66. The number of hydrogen-bond acceptors (Lipinski definition) is 7. The Hall–Kier alpha value is -3.34. The molecule has 3 aromatic rings. The van der Waals surface area contributed by atoms with Crippen LogP contribution >= 0.6 is 11.8 Å². The number of rotatable bonds is 8. The number of benzene rings is 1. The average Bonchev–Trinajstić information content (AvgIpc) is 2.75. The first-order valence-corrected chi connectivity index (χ1v) is 10.7. The highest BCUT2D eigenvalue weighted by molar-refractivity contribution is 7.98. The zero-order chi connectivity index (χ0) is 24.0. The number of carbonyl (C=O) groups is 1. The molecule has 0 radical (unpaired) electrons. The predicted octanol–water partition coefficient (Wildman–Crippen LogP) is 4.83. The van der Waals surface area contributed by atoms with Crippen molar-refractivity contribution >= 4 is 23.4 Å². The Morgan fingerprint density at radius 1 is 1.09 bits per heavy atom. The number of pyridine rings is 1. The number of alkyl halides is 3. The van der Waals surface area contributed by atoms with Crippen LogP contribution in [0.5, 0.6) is 11.5 Å². The van der Waals surface area contributed by atoms with E-state index in [1.807, 2.05) is 19.9 Å². The molecule has 7 nitrogen and oxygen atoms in total. The van der Waals surface area contributed by atoms with E-state index in [1.165, 1.54) is 43.3 Å². The van der Waals surface area contributed by atoms with Crippen LogP contribution in [0.4, 0.5) is 18.9 Å². The van der Waals surface area contributed by atoms with E-state index in [0.717, 1.165) is 17.5 Å². The van der Waals surface area contributed by atoms with Gasteiger partial charge in [-0.1, -0.05) is 23.9 Å². The molecule has 1 N–H and O–H groups in total. The number of nitrogens with one attached hydrogen (secondary N) is 1. The van der Waals surface area contributed by atoms with Gasteiger partial charge < -0.3 is 14.8 Å². The fraction of sp³-hybridized carbons (Fsp3) is 0.273. The number of aryl methyl sites for hydroxylation is 2. The van der Waals surface area contributed by atoms with Crippen LogP contribution in [0.25, 0.3) is 0 Å². The number of aromatic nitrogens is 3. The third-order valence-corrected chi connectivity index (χ3v) is 5.17. The average molecular weight is 478 g/mol. The van der Waals surface area contributed by atoms with Crippen LogP contribution in [0.15, 0.2) is 47.8 Å². The van der Waals surface area contributed by atoms with Gasteiger partial charge in [0.25, 0.3) is 5.91 Å². The van der Waals surface area contributed by atoms with Crippen molar-refractivity contribution in [1.29, 1.82) is 0 Å². The van der Waals surface area contributed by atoms with Crippen molar-refractivity contribution in [2.75, 3.05) is 19.0 Å². The van der Waals surface area contributed by atoms with Gasteiger partial charge in [0, 0.05) is 23.2 Å². The van der Waals surface area contributed by atoms with E-state index in [-0.39, 0.29) is 17.2 Å². The molecule has 0 aliphatic heterocycles. The summed E-state index contributed by atoms with van der Waals surface area (Å²) in [4.78, 5) is 25.3. The largest absolute Gasteiger partial charge is 0.491 e. The first-order valence-electron chi connectivity index (χ1n) is 9.72. The molecule has 0 spiro atoms. The van der Waals surface area contributed by atoms with Crippen molar-refractivity contribution in [2.45, 2.75) is 30.9 Å². The van der Waals surface area contributed by atoms with Crippen molar-refractivity contribution in [3.8, 4) is 11.5 Å². The van der Waals surface area contributed by atoms with Crippen molar-refractivity contribution in [1.82, 2.24) is 15.0 Å². The molecule has 0 saturated heterocycles. The fourth-order valence-corrected chi connectivity index (χ4v) is 3.73. The van der Waals surface area contributed by atoms with Crippen LogP contribution in [0.1, 0.15) is 22.6 Å². The van der Waals surface area contributed by atoms with E-state index < -0.39 is 24.3 Å². The number of methoxy groups -OCH3 is 1. The van der Waals surface area contributed by atoms with Gasteiger partial charge in [0.05, 0.1) is 30.3 Å². The number of amides is 1. The molecule has 2 aromatic heterocycles. The minimum atomic E-state index is -4.59. The molecule has 0 aliphatic rings. The second kappa shape index (κ2) is 10.5. The molecule has 0 unspecified atom stereocenters. The first kappa shape index (κ1) is 24.3. The standard InChI is InChI=1S/C22H21F3N4O3S/c1-13-8-14(2)28-21(27-13)33-12-15-9-18(19(31-3)10-26-15)32-11-20(30)29-17-7-5-4-6-16(17)22(23,24)25/h4-10H,11-12H2,1-3H3,(H,29,30). The van der Waals surface area contributed by atoms with Crippen LogP contribution in [0.3, 0.4) is 0 Å². The summed E-state index contributed by atoms with van der Waals surface area (Å²) in [6.07, 6.45) is -3.14. The Morgan fingerprint density at radius 2 is 1.79 bits per heavy atom. The summed E-state index contributed by atoms with van der Waals surface area (Å²) in [6, 6.07) is 8.20. The van der Waals surface area contributed by atoms with Crippen LogP contribution in [0.2, 0.25) is 0 Å². The van der Waals surface area contributed by atoms with Gasteiger partial charge in [-0.25, -0.2) is 9.97 Å². The molecule has 1 aromatic carbocycles. The topological polar surface area (TPSA) is 86.2 Å². The maximum atomic E-state index is 13.1. The molecule has 0 saturated carbocycles. The SMILES string of the molecule is COc1cnc(CSc2nc(C)cc(C)n2)cc1OCC(=O)Nc1ccccc1C(F)(F)F. The molecule has 174 valence electrons. The smallest absolute Gasteiger partial charge is 0.418 e. The quantitative estimate of drug-likeness (QED) is 0.367. The normalized spacial score (nSPS) is 11.2. The summed E-state index contributed by atoms with van der Waals surface area (Å²) in [5.41, 5.74) is 1.06. The Bertz CT molecular complexity index is 1120. The van der Waals surface area contributed by atoms with Gasteiger partial charge >= 0.3 is 6.18 Å². The summed E-state index contributed by atoms with van der Waals surface area (Å²) < 4.78 is 50.1. The van der Waals surface area contributed by atoms with Gasteiger partial charge in [0.1, 0.15) is 0 Å². The lowest BCUT2D eigenvalue weighted by atomic mass is 10.1. The van der Waals surface area contributed by atoms with Gasteiger partial charge in [-0.2, -0.15) is 13.2 Å². The minimum Gasteiger partial charge on any atom is -0.491 e. The van der Waals surface area contributed by atoms with Crippen LogP contribution in [0, 0.1) is 13.8 Å². The predicted molar refractivity (Wildman–Crippen MR) is 117 cm³/mol. The van der Waals surface area contributed by atoms with Crippen molar-refractivity contribution < 1.29 is 27.4 Å². The molecule has 11 heteroatoms. The molecule has 2 heterocycles. The third kappa shape index (κ3) is 6.82. The minimum absolute atomic E-state index is 0.240. The zero-order valence-corrected chi connectivity index (χ0v) is 18.9. The lowest BCUT2D eigenvalue weighted by Gasteiger charge is -2.14. The number of hydrogen-bond donors (Lipinski definition) is 1. The van der Waals surface area contributed by atoms with Crippen LogP contribution in [-0.4, -0.2) is 34.6 Å². The lowest BCUT2D eigenvalue weighted by Crippen LogP contribution is -2.22. The summed E-state index contributed by atoms with van der Waals surface area (Å²) in [5.74, 6) is 0.220. The molecular formula is C22H21F3N4O3S. The first-order chi connectivity index (χ1) is 15.7. The summed E-state index contributed by atoms with van der Waals surface area (Å²) in [5, 5.41) is 2.84. The number of halogens is 3. The number of para-hydroxylation sites is 1. The summed E-state index contributed by atoms with van der Waals surface area (Å²) >= 11 is 1.39. The van der Waals surface area contributed by atoms with E-state index in [0.29, 0.717) is 16.6 Å². The van der Waals surface area contributed by atoms with Crippen molar-refractivity contribution in [2.24, 2.45) is 0 Å². The molecule has 3 rings (SSSR count). The van der Waals surface area contributed by atoms with E-state index >= 15 is 0 Å². The van der Waals surface area contributed by atoms with Gasteiger partial charge in [-0.05, 0) is 32.0 Å². The Labute approximate surface area is 192 Å². The highest BCUT2D eigenvalue weighted by Gasteiger charge is 2.33. The monoisotopic (exact) mass is 478 g/mol. The number of anilines is 1. The number of ether oxygens (including phenoxy) is 2. The molecule has 0 atom stereocenters. The van der Waals surface area contributed by atoms with Crippen molar-refractivity contribution in [3.63, 3.8) is 0 Å². The van der Waals surface area contributed by atoms with Crippen LogP contribution in [-0.2, 0) is 16.7 Å². The van der Waals surface area contributed by atoms with Gasteiger partial charge in [0.15, 0.2) is 23.3 Å². The number of nitrogens with zero attached hydrogens (tertiary/aromatic N) is 3. The van der Waals surface area contributed by atoms with E-state index in [9.17, 15) is 18.0 Å². The molecule has 33 heavy (non-hydrogen) atoms. The Kier molecular flexibility index (Phi) is 7.75. The maximum Gasteiger partial charge on any atom is 0.418 e. The molecule has 1 amide bonds. The maximum absolute atomic E-state index is 13.1. The van der Waals surface area contributed by atoms with Crippen LogP contribution < -0.4 is 14.8 Å². The highest BCUT2D eigenvalue weighted by atomic mass is 32.2.